The van der Waals surface area contributed by atoms with E-state index in [9.17, 15) is 5.11 Å². The Bertz CT molecular complexity index is 774. The second-order valence-electron chi connectivity index (χ2n) is 4.95. The summed E-state index contributed by atoms with van der Waals surface area (Å²) in [6, 6.07) is 11.5. The van der Waals surface area contributed by atoms with Gasteiger partial charge in [-0.1, -0.05) is 23.2 Å². The minimum atomic E-state index is 0.200. The lowest BCUT2D eigenvalue weighted by Gasteiger charge is -2.05. The van der Waals surface area contributed by atoms with E-state index in [1.54, 1.807) is 12.1 Å². The number of hydrogen-bond acceptors (Lipinski definition) is 1. The number of aromatic amines is 1. The van der Waals surface area contributed by atoms with Gasteiger partial charge in [-0.15, -0.1) is 0 Å². The van der Waals surface area contributed by atoms with Crippen molar-refractivity contribution in [3.05, 3.63) is 47.5 Å². The van der Waals surface area contributed by atoms with Crippen molar-refractivity contribution in [2.45, 2.75) is 13.8 Å². The van der Waals surface area contributed by atoms with Gasteiger partial charge in [0.1, 0.15) is 13.6 Å². The van der Waals surface area contributed by atoms with Crippen LogP contribution in [0.4, 0.5) is 0 Å². The van der Waals surface area contributed by atoms with E-state index in [1.165, 1.54) is 10.9 Å². The first-order valence-corrected chi connectivity index (χ1v) is 6.24. The molecule has 0 aliphatic carbocycles. The number of phenols is 1. The first-order chi connectivity index (χ1) is 9.06. The summed E-state index contributed by atoms with van der Waals surface area (Å²) in [5.74, 6) is 0.200. The number of H-pyrrole nitrogens is 1. The van der Waals surface area contributed by atoms with Crippen LogP contribution in [0.5, 0.6) is 5.75 Å². The highest BCUT2D eigenvalue weighted by molar-refractivity contribution is 6.32. The number of fused-ring (bicyclic) bond motifs is 1. The summed E-state index contributed by atoms with van der Waals surface area (Å²) < 4.78 is 0. The fourth-order valence-electron chi connectivity index (χ4n) is 2.47. The number of aryl methyl sites for hydroxylation is 2. The molecule has 0 saturated carbocycles. The molecule has 0 atom stereocenters. The summed E-state index contributed by atoms with van der Waals surface area (Å²) in [6.07, 6.45) is 0. The van der Waals surface area contributed by atoms with Crippen LogP contribution in [0.2, 0.25) is 0 Å². The molecular formula is C16H14BNO. The van der Waals surface area contributed by atoms with E-state index in [-0.39, 0.29) is 5.75 Å². The van der Waals surface area contributed by atoms with Gasteiger partial charge in [-0.3, -0.25) is 0 Å². The van der Waals surface area contributed by atoms with E-state index in [0.29, 0.717) is 5.46 Å². The van der Waals surface area contributed by atoms with Crippen LogP contribution in [-0.4, -0.2) is 17.9 Å². The normalized spacial score (nSPS) is 11.1. The molecule has 0 aliphatic rings. The molecule has 2 aromatic carbocycles. The van der Waals surface area contributed by atoms with Gasteiger partial charge in [0.25, 0.3) is 0 Å². The molecule has 0 fully saturated rings. The number of phenolic OH excluding ortho intramolecular Hbond substituents is 1. The molecule has 2 radical (unpaired) electrons. The Balaban J connectivity index is 2.28. The van der Waals surface area contributed by atoms with Gasteiger partial charge < -0.3 is 10.1 Å². The van der Waals surface area contributed by atoms with Gasteiger partial charge in [0, 0.05) is 16.5 Å². The molecule has 0 aliphatic heterocycles. The minimum absolute atomic E-state index is 0.200. The smallest absolute Gasteiger partial charge is 0.124 e. The fraction of sp³-hybridized carbons (Fsp3) is 0.125. The van der Waals surface area contributed by atoms with E-state index in [4.69, 9.17) is 7.85 Å². The largest absolute Gasteiger partial charge is 0.507 e. The lowest BCUT2D eigenvalue weighted by Crippen LogP contribution is -2.00. The summed E-state index contributed by atoms with van der Waals surface area (Å²) in [6.45, 7) is 4.13. The maximum atomic E-state index is 10.0. The zero-order valence-electron chi connectivity index (χ0n) is 11.0. The molecule has 3 heteroatoms. The Kier molecular flexibility index (Phi) is 2.63. The summed E-state index contributed by atoms with van der Waals surface area (Å²) in [5.41, 5.74) is 5.72. The maximum Gasteiger partial charge on any atom is 0.124 e. The summed E-state index contributed by atoms with van der Waals surface area (Å²) in [4.78, 5) is 3.37. The van der Waals surface area contributed by atoms with Crippen molar-refractivity contribution in [1.82, 2.24) is 4.98 Å². The van der Waals surface area contributed by atoms with Crippen molar-refractivity contribution in [2.75, 3.05) is 0 Å². The lowest BCUT2D eigenvalue weighted by molar-refractivity contribution is 0.477. The zero-order chi connectivity index (χ0) is 13.6. The Hall–Kier alpha value is -2.16. The van der Waals surface area contributed by atoms with Gasteiger partial charge >= 0.3 is 0 Å². The predicted molar refractivity (Wildman–Crippen MR) is 80.3 cm³/mol. The van der Waals surface area contributed by atoms with Crippen LogP contribution in [-0.2, 0) is 0 Å². The molecule has 0 unspecified atom stereocenters. The van der Waals surface area contributed by atoms with Crippen LogP contribution in [0.15, 0.2) is 36.4 Å². The predicted octanol–water partition coefficient (Wildman–Crippen LogP) is 2.95. The van der Waals surface area contributed by atoms with E-state index in [0.717, 1.165) is 22.3 Å². The molecule has 3 aromatic rings. The molecular weight excluding hydrogens is 233 g/mol. The highest BCUT2D eigenvalue weighted by Gasteiger charge is 2.12. The zero-order valence-corrected chi connectivity index (χ0v) is 11.0. The Morgan fingerprint density at radius 1 is 1.05 bits per heavy atom. The van der Waals surface area contributed by atoms with Gasteiger partial charge in [0.05, 0.1) is 5.69 Å². The third-order valence-electron chi connectivity index (χ3n) is 3.50. The third kappa shape index (κ3) is 1.91. The molecule has 1 aromatic heterocycles. The maximum absolute atomic E-state index is 10.0. The summed E-state index contributed by atoms with van der Waals surface area (Å²) in [5, 5.41) is 11.2. The number of rotatable bonds is 1. The van der Waals surface area contributed by atoms with Crippen molar-refractivity contribution in [1.29, 1.82) is 0 Å². The van der Waals surface area contributed by atoms with Crippen molar-refractivity contribution in [3.8, 4) is 17.0 Å². The number of nitrogens with one attached hydrogen (secondary N) is 1. The highest BCUT2D eigenvalue weighted by Crippen LogP contribution is 2.34. The molecule has 2 nitrogen and oxygen atoms in total. The standard InChI is InChI=1S/C16H14BNO/c1-9-3-6-14-13(7-9)10(2)16(18-14)12-5-4-11(17)8-15(12)19/h3-8,18-19H,1-2H3. The van der Waals surface area contributed by atoms with Crippen LogP contribution in [0.3, 0.4) is 0 Å². The topological polar surface area (TPSA) is 36.0 Å². The summed E-state index contributed by atoms with van der Waals surface area (Å²) >= 11 is 0. The van der Waals surface area contributed by atoms with Crippen LogP contribution in [0.1, 0.15) is 11.1 Å². The van der Waals surface area contributed by atoms with Crippen molar-refractivity contribution >= 4 is 24.2 Å². The molecule has 0 amide bonds. The van der Waals surface area contributed by atoms with Crippen molar-refractivity contribution in [2.24, 2.45) is 0 Å². The van der Waals surface area contributed by atoms with Crippen LogP contribution in [0.25, 0.3) is 22.2 Å². The van der Waals surface area contributed by atoms with Crippen LogP contribution < -0.4 is 5.46 Å². The first kappa shape index (κ1) is 11.9. The molecule has 1 heterocycles. The van der Waals surface area contributed by atoms with E-state index in [2.05, 4.69) is 37.0 Å². The molecule has 92 valence electrons. The lowest BCUT2D eigenvalue weighted by atomic mass is 9.93. The Morgan fingerprint density at radius 2 is 1.84 bits per heavy atom. The number of benzene rings is 2. The third-order valence-corrected chi connectivity index (χ3v) is 3.50. The molecule has 19 heavy (non-hydrogen) atoms. The molecule has 0 bridgehead atoms. The monoisotopic (exact) mass is 247 g/mol. The average molecular weight is 247 g/mol. The summed E-state index contributed by atoms with van der Waals surface area (Å²) in [7, 11) is 5.67. The van der Waals surface area contributed by atoms with Crippen molar-refractivity contribution in [3.63, 3.8) is 0 Å². The van der Waals surface area contributed by atoms with Crippen LogP contribution in [0, 0.1) is 13.8 Å². The molecule has 0 saturated heterocycles. The Labute approximate surface area is 113 Å². The van der Waals surface area contributed by atoms with Gasteiger partial charge in [-0.25, -0.2) is 0 Å². The Morgan fingerprint density at radius 3 is 2.58 bits per heavy atom. The van der Waals surface area contributed by atoms with Gasteiger partial charge in [0.2, 0.25) is 0 Å². The molecule has 0 spiro atoms. The van der Waals surface area contributed by atoms with Gasteiger partial charge in [-0.05, 0) is 43.7 Å². The fourth-order valence-corrected chi connectivity index (χ4v) is 2.47. The molecule has 2 N–H and O–H groups in total. The van der Waals surface area contributed by atoms with Gasteiger partial charge in [0.15, 0.2) is 0 Å². The molecule has 3 rings (SSSR count). The van der Waals surface area contributed by atoms with E-state index >= 15 is 0 Å². The first-order valence-electron chi connectivity index (χ1n) is 6.24. The number of aromatic nitrogens is 1. The van der Waals surface area contributed by atoms with Gasteiger partial charge in [-0.2, -0.15) is 0 Å². The van der Waals surface area contributed by atoms with E-state index < -0.39 is 0 Å². The SMILES string of the molecule is [B]c1ccc(-c2[nH]c3ccc(C)cc3c2C)c(O)c1. The number of aromatic hydroxyl groups is 1. The second-order valence-corrected chi connectivity index (χ2v) is 4.95. The quantitative estimate of drug-likeness (QED) is 0.637. The number of hydrogen-bond donors (Lipinski definition) is 2. The second kappa shape index (κ2) is 4.20. The average Bonchev–Trinajstić information content (AvgIpc) is 2.67. The van der Waals surface area contributed by atoms with Crippen molar-refractivity contribution < 1.29 is 5.11 Å². The minimum Gasteiger partial charge on any atom is -0.507 e. The highest BCUT2D eigenvalue weighted by atomic mass is 16.3. The van der Waals surface area contributed by atoms with E-state index in [1.807, 2.05) is 6.07 Å². The van der Waals surface area contributed by atoms with Crippen LogP contribution >= 0.6 is 0 Å².